The maximum atomic E-state index is 13.0. The third-order valence-corrected chi connectivity index (χ3v) is 6.65. The number of carbonyl (C=O) groups is 1. The van der Waals surface area contributed by atoms with Gasteiger partial charge in [0.1, 0.15) is 11.6 Å². The molecule has 0 saturated heterocycles. The number of nitrogens with one attached hydrogen (secondary N) is 1. The van der Waals surface area contributed by atoms with Crippen molar-refractivity contribution in [2.24, 2.45) is 0 Å². The highest BCUT2D eigenvalue weighted by Gasteiger charge is 2.30. The number of hydrogen-bond acceptors (Lipinski definition) is 6. The summed E-state index contributed by atoms with van der Waals surface area (Å²) in [5.41, 5.74) is 0.635. The zero-order valence-corrected chi connectivity index (χ0v) is 22.4. The Bertz CT molecular complexity index is 1190. The van der Waals surface area contributed by atoms with Gasteiger partial charge >= 0.3 is 6.18 Å². The molecule has 0 aliphatic carbocycles. The average molecular weight is 536 g/mol. The smallest absolute Gasteiger partial charge is 0.416 e. The van der Waals surface area contributed by atoms with Gasteiger partial charge in [0.05, 0.1) is 24.8 Å². The van der Waals surface area contributed by atoms with E-state index in [1.165, 1.54) is 17.4 Å². The highest BCUT2D eigenvalue weighted by molar-refractivity contribution is 7.13. The number of hydrogen-bond donors (Lipinski definition) is 1. The van der Waals surface area contributed by atoms with Crippen LogP contribution < -0.4 is 14.8 Å². The highest BCUT2D eigenvalue weighted by atomic mass is 32.1. The van der Waals surface area contributed by atoms with Gasteiger partial charge in [-0.2, -0.15) is 13.2 Å². The van der Waals surface area contributed by atoms with Crippen LogP contribution >= 0.6 is 11.3 Å². The molecule has 37 heavy (non-hydrogen) atoms. The summed E-state index contributed by atoms with van der Waals surface area (Å²) in [7, 11) is 1.55. The van der Waals surface area contributed by atoms with Crippen molar-refractivity contribution in [3.63, 3.8) is 0 Å². The van der Waals surface area contributed by atoms with Gasteiger partial charge in [-0.3, -0.25) is 9.69 Å². The summed E-state index contributed by atoms with van der Waals surface area (Å²) in [6, 6.07) is 10.9. The number of alkyl halides is 3. The Labute approximate surface area is 219 Å². The standard InChI is InChI=1S/C27H32F3N3O3S/c1-17(2)33(18(3)4)11-12-36-24-14-21(9-10-23(24)35-5)31-25(34)15-22-16-37-26(32-22)19-7-6-8-20(13-19)27(28,29)30/h6-10,13-14,16-18H,11-12,15H2,1-5H3,(H,31,34). The van der Waals surface area contributed by atoms with E-state index in [0.29, 0.717) is 52.1 Å². The van der Waals surface area contributed by atoms with Crippen LogP contribution in [-0.2, 0) is 17.4 Å². The number of thiazole rings is 1. The van der Waals surface area contributed by atoms with E-state index < -0.39 is 11.7 Å². The number of methoxy groups -OCH3 is 1. The number of anilines is 1. The fourth-order valence-electron chi connectivity index (χ4n) is 3.96. The third kappa shape index (κ3) is 7.93. The zero-order valence-electron chi connectivity index (χ0n) is 21.6. The third-order valence-electron chi connectivity index (χ3n) is 5.71. The topological polar surface area (TPSA) is 63.7 Å². The predicted octanol–water partition coefficient (Wildman–Crippen LogP) is 6.52. The summed E-state index contributed by atoms with van der Waals surface area (Å²) in [4.78, 5) is 19.3. The molecule has 0 aliphatic rings. The highest BCUT2D eigenvalue weighted by Crippen LogP contribution is 2.33. The van der Waals surface area contributed by atoms with Gasteiger partial charge in [-0.1, -0.05) is 12.1 Å². The molecule has 3 rings (SSSR count). The molecule has 2 aromatic carbocycles. The molecule has 200 valence electrons. The van der Waals surface area contributed by atoms with E-state index in [1.807, 2.05) is 0 Å². The van der Waals surface area contributed by atoms with Crippen molar-refractivity contribution in [2.45, 2.75) is 52.4 Å². The molecule has 1 amide bonds. The minimum Gasteiger partial charge on any atom is -0.493 e. The van der Waals surface area contributed by atoms with Gasteiger partial charge in [0.25, 0.3) is 0 Å². The van der Waals surface area contributed by atoms with Crippen LogP contribution in [0.1, 0.15) is 39.0 Å². The molecule has 1 heterocycles. The molecule has 0 radical (unpaired) electrons. The van der Waals surface area contributed by atoms with E-state index in [9.17, 15) is 18.0 Å². The normalized spacial score (nSPS) is 11.9. The number of halogens is 3. The van der Waals surface area contributed by atoms with Crippen LogP contribution in [0.15, 0.2) is 47.8 Å². The van der Waals surface area contributed by atoms with Crippen LogP contribution in [0, 0.1) is 0 Å². The Kier molecular flexibility index (Phi) is 9.56. The molecular formula is C27H32F3N3O3S. The van der Waals surface area contributed by atoms with Crippen LogP contribution in [0.2, 0.25) is 0 Å². The number of aromatic nitrogens is 1. The molecular weight excluding hydrogens is 503 g/mol. The number of carbonyl (C=O) groups excluding carboxylic acids is 1. The van der Waals surface area contributed by atoms with Crippen molar-refractivity contribution in [1.82, 2.24) is 9.88 Å². The summed E-state index contributed by atoms with van der Waals surface area (Å²) in [6.45, 7) is 9.76. The molecule has 10 heteroatoms. The van der Waals surface area contributed by atoms with Gasteiger partial charge < -0.3 is 14.8 Å². The Morgan fingerprint density at radius 2 is 1.81 bits per heavy atom. The van der Waals surface area contributed by atoms with Crippen LogP contribution in [0.4, 0.5) is 18.9 Å². The number of nitrogens with zero attached hydrogens (tertiary/aromatic N) is 2. The first-order valence-electron chi connectivity index (χ1n) is 12.0. The molecule has 1 aromatic heterocycles. The quantitative estimate of drug-likeness (QED) is 0.303. The number of rotatable bonds is 11. The van der Waals surface area contributed by atoms with Crippen LogP contribution in [0.5, 0.6) is 11.5 Å². The monoisotopic (exact) mass is 535 g/mol. The van der Waals surface area contributed by atoms with Gasteiger partial charge in [0.15, 0.2) is 11.5 Å². The summed E-state index contributed by atoms with van der Waals surface area (Å²) in [5.74, 6) is 0.778. The Balaban J connectivity index is 1.63. The van der Waals surface area contributed by atoms with E-state index in [1.54, 1.807) is 36.8 Å². The lowest BCUT2D eigenvalue weighted by Crippen LogP contribution is -2.39. The van der Waals surface area contributed by atoms with E-state index in [4.69, 9.17) is 9.47 Å². The van der Waals surface area contributed by atoms with Crippen LogP contribution in [0.3, 0.4) is 0 Å². The number of benzene rings is 2. The van der Waals surface area contributed by atoms with Crippen molar-refractivity contribution in [1.29, 1.82) is 0 Å². The molecule has 6 nitrogen and oxygen atoms in total. The first-order chi connectivity index (χ1) is 17.5. The van der Waals surface area contributed by atoms with Crippen molar-refractivity contribution < 1.29 is 27.4 Å². The Morgan fingerprint density at radius 1 is 1.08 bits per heavy atom. The van der Waals surface area contributed by atoms with Crippen molar-refractivity contribution in [3.05, 3.63) is 59.1 Å². The second kappa shape index (κ2) is 12.4. The molecule has 0 bridgehead atoms. The van der Waals surface area contributed by atoms with Gasteiger partial charge in [-0.25, -0.2) is 4.98 Å². The fourth-order valence-corrected chi connectivity index (χ4v) is 4.78. The lowest BCUT2D eigenvalue weighted by Gasteiger charge is -2.30. The number of ether oxygens (including phenoxy) is 2. The minimum atomic E-state index is -4.43. The van der Waals surface area contributed by atoms with Gasteiger partial charge in [-0.15, -0.1) is 11.3 Å². The van der Waals surface area contributed by atoms with Crippen molar-refractivity contribution in [2.75, 3.05) is 25.6 Å². The van der Waals surface area contributed by atoms with Crippen LogP contribution in [-0.4, -0.2) is 48.1 Å². The fraction of sp³-hybridized carbons (Fsp3) is 0.407. The molecule has 0 unspecified atom stereocenters. The average Bonchev–Trinajstić information content (AvgIpc) is 3.29. The van der Waals surface area contributed by atoms with Gasteiger partial charge in [-0.05, 0) is 52.0 Å². The summed E-state index contributed by atoms with van der Waals surface area (Å²) in [5, 5.41) is 4.92. The molecule has 1 N–H and O–H groups in total. The Morgan fingerprint density at radius 3 is 2.46 bits per heavy atom. The molecule has 3 aromatic rings. The van der Waals surface area contributed by atoms with E-state index in [-0.39, 0.29) is 12.3 Å². The first kappa shape index (κ1) is 28.5. The second-order valence-electron chi connectivity index (χ2n) is 9.09. The van der Waals surface area contributed by atoms with E-state index in [0.717, 1.165) is 18.7 Å². The zero-order chi connectivity index (χ0) is 27.2. The second-order valence-corrected chi connectivity index (χ2v) is 9.95. The molecule has 0 fully saturated rings. The largest absolute Gasteiger partial charge is 0.493 e. The lowest BCUT2D eigenvalue weighted by molar-refractivity contribution is -0.137. The van der Waals surface area contributed by atoms with Crippen LogP contribution in [0.25, 0.3) is 10.6 Å². The molecule has 0 aliphatic heterocycles. The first-order valence-corrected chi connectivity index (χ1v) is 12.8. The predicted molar refractivity (Wildman–Crippen MR) is 140 cm³/mol. The summed E-state index contributed by atoms with van der Waals surface area (Å²) in [6.07, 6.45) is -4.45. The Hall–Kier alpha value is -3.11. The van der Waals surface area contributed by atoms with Gasteiger partial charge in [0.2, 0.25) is 5.91 Å². The molecule has 0 spiro atoms. The molecule has 0 saturated carbocycles. The molecule has 0 atom stereocenters. The summed E-state index contributed by atoms with van der Waals surface area (Å²) < 4.78 is 50.4. The van der Waals surface area contributed by atoms with Crippen molar-refractivity contribution >= 4 is 22.9 Å². The number of amides is 1. The van der Waals surface area contributed by atoms with E-state index >= 15 is 0 Å². The SMILES string of the molecule is COc1ccc(NC(=O)Cc2csc(-c3cccc(C(F)(F)F)c3)n2)cc1OCCN(C(C)C)C(C)C. The van der Waals surface area contributed by atoms with Crippen molar-refractivity contribution in [3.8, 4) is 22.1 Å². The minimum absolute atomic E-state index is 0.0184. The van der Waals surface area contributed by atoms with E-state index in [2.05, 4.69) is 42.9 Å². The maximum Gasteiger partial charge on any atom is 0.416 e. The maximum absolute atomic E-state index is 13.0. The lowest BCUT2D eigenvalue weighted by atomic mass is 10.1. The van der Waals surface area contributed by atoms with Gasteiger partial charge in [0, 0.05) is 41.3 Å². The summed E-state index contributed by atoms with van der Waals surface area (Å²) >= 11 is 1.19.